The summed E-state index contributed by atoms with van der Waals surface area (Å²) in [4.78, 5) is 29.5. The molecule has 2 fully saturated rings. The number of aryl methyl sites for hydroxylation is 1. The number of nitrogens with two attached hydrogens (primary N) is 1. The van der Waals surface area contributed by atoms with E-state index in [-0.39, 0.29) is 49.1 Å². The summed E-state index contributed by atoms with van der Waals surface area (Å²) in [6.07, 6.45) is 5.68. The number of nitrogens with zero attached hydrogens (tertiary/aromatic N) is 5. The van der Waals surface area contributed by atoms with Crippen LogP contribution in [0.3, 0.4) is 0 Å². The van der Waals surface area contributed by atoms with E-state index in [2.05, 4.69) is 10.2 Å². The highest BCUT2D eigenvalue weighted by molar-refractivity contribution is 7.99. The van der Waals surface area contributed by atoms with E-state index in [1.807, 2.05) is 54.9 Å². The Morgan fingerprint density at radius 3 is 2.75 bits per heavy atom. The standard InChI is InChI=1S/C33H40ClN7O5S.ClH/c1-20-32(39-25(17-42)30(37-20)40-12-8-33(9-13-40)19-46-21(2)29(33)35)47-26-7-11-41-16-24(38-31(41)28(26)34)22-5-4-6-23(15-22)45-18-27(43)36-10-14-44-3;/h4-7,11,15-16,21,29,42H,8-10,12-14,17-19,35H2,1-3H3,(H,36,43);1H/t21-,29+;/m0./s1. The highest BCUT2D eigenvalue weighted by Crippen LogP contribution is 2.43. The van der Waals surface area contributed by atoms with Crippen LogP contribution >= 0.6 is 35.8 Å². The van der Waals surface area contributed by atoms with Gasteiger partial charge in [-0.25, -0.2) is 15.0 Å². The maximum atomic E-state index is 12.0. The van der Waals surface area contributed by atoms with Crippen molar-refractivity contribution in [3.63, 3.8) is 0 Å². The van der Waals surface area contributed by atoms with Crippen molar-refractivity contribution in [3.05, 3.63) is 59.1 Å². The second-order valence-electron chi connectivity index (χ2n) is 12.0. The number of methoxy groups -OCH3 is 1. The van der Waals surface area contributed by atoms with E-state index in [1.165, 1.54) is 11.8 Å². The smallest absolute Gasteiger partial charge is 0.258 e. The molecule has 0 aliphatic carbocycles. The van der Waals surface area contributed by atoms with Gasteiger partial charge in [0.1, 0.15) is 16.5 Å². The molecule has 2 aliphatic rings. The molecule has 0 bridgehead atoms. The number of rotatable bonds is 11. The molecule has 12 nitrogen and oxygen atoms in total. The summed E-state index contributed by atoms with van der Waals surface area (Å²) in [6.45, 7) is 6.75. The fraction of sp³-hybridized carbons (Fsp3) is 0.455. The zero-order valence-corrected chi connectivity index (χ0v) is 29.5. The number of carbonyl (C=O) groups excluding carboxylic acids is 1. The zero-order chi connectivity index (χ0) is 33.1. The Balaban J connectivity index is 0.00000451. The molecule has 2 atom stereocenters. The number of aromatic nitrogens is 4. The number of aliphatic hydroxyl groups is 1. The zero-order valence-electron chi connectivity index (χ0n) is 27.1. The fourth-order valence-electron chi connectivity index (χ4n) is 6.18. The second kappa shape index (κ2) is 15.6. The first-order valence-corrected chi connectivity index (χ1v) is 16.8. The summed E-state index contributed by atoms with van der Waals surface area (Å²) >= 11 is 8.30. The number of carbonyl (C=O) groups is 1. The van der Waals surface area contributed by atoms with Crippen molar-refractivity contribution in [2.75, 3.05) is 51.5 Å². The fourth-order valence-corrected chi connectivity index (χ4v) is 7.36. The summed E-state index contributed by atoms with van der Waals surface area (Å²) < 4.78 is 18.4. The summed E-state index contributed by atoms with van der Waals surface area (Å²) in [6, 6.07) is 9.34. The van der Waals surface area contributed by atoms with Crippen molar-refractivity contribution in [1.82, 2.24) is 24.7 Å². The maximum Gasteiger partial charge on any atom is 0.258 e. The van der Waals surface area contributed by atoms with Crippen LogP contribution in [0.5, 0.6) is 5.75 Å². The number of imidazole rings is 1. The molecule has 258 valence electrons. The van der Waals surface area contributed by atoms with Crippen molar-refractivity contribution in [2.24, 2.45) is 11.1 Å². The molecule has 1 amide bonds. The molecule has 0 saturated carbocycles. The van der Waals surface area contributed by atoms with Crippen LogP contribution in [0.2, 0.25) is 5.02 Å². The normalized spacial score (nSPS) is 18.7. The van der Waals surface area contributed by atoms with Gasteiger partial charge in [0.15, 0.2) is 18.1 Å². The van der Waals surface area contributed by atoms with Crippen molar-refractivity contribution in [2.45, 2.75) is 55.4 Å². The number of anilines is 1. The highest BCUT2D eigenvalue weighted by Gasteiger charge is 2.47. The van der Waals surface area contributed by atoms with Crippen LogP contribution in [0.25, 0.3) is 16.9 Å². The number of hydrogen-bond acceptors (Lipinski definition) is 11. The van der Waals surface area contributed by atoms with Crippen LogP contribution in [0.4, 0.5) is 5.82 Å². The highest BCUT2D eigenvalue weighted by atomic mass is 35.5. The predicted molar refractivity (Wildman–Crippen MR) is 187 cm³/mol. The number of benzene rings is 1. The largest absolute Gasteiger partial charge is 0.484 e. The molecule has 48 heavy (non-hydrogen) atoms. The number of amides is 1. The Hall–Kier alpha value is -3.17. The van der Waals surface area contributed by atoms with E-state index in [9.17, 15) is 9.90 Å². The molecule has 2 saturated heterocycles. The first kappa shape index (κ1) is 36.1. The van der Waals surface area contributed by atoms with Crippen molar-refractivity contribution < 1.29 is 24.1 Å². The van der Waals surface area contributed by atoms with Crippen molar-refractivity contribution in [3.8, 4) is 17.0 Å². The minimum Gasteiger partial charge on any atom is -0.484 e. The average molecular weight is 719 g/mol. The van der Waals surface area contributed by atoms with Gasteiger partial charge in [0.05, 0.1) is 42.3 Å². The average Bonchev–Trinajstić information content (AvgIpc) is 3.64. The molecule has 6 rings (SSSR count). The third-order valence-corrected chi connectivity index (χ3v) is 10.6. The minimum atomic E-state index is -0.227. The number of pyridine rings is 1. The maximum absolute atomic E-state index is 12.0. The van der Waals surface area contributed by atoms with Gasteiger partial charge in [-0.15, -0.1) is 12.4 Å². The summed E-state index contributed by atoms with van der Waals surface area (Å²) in [7, 11) is 1.58. The number of piperidine rings is 1. The summed E-state index contributed by atoms with van der Waals surface area (Å²) in [5, 5.41) is 14.2. The second-order valence-corrected chi connectivity index (χ2v) is 13.5. The molecule has 1 spiro atoms. The van der Waals surface area contributed by atoms with Gasteiger partial charge >= 0.3 is 0 Å². The van der Waals surface area contributed by atoms with Crippen molar-refractivity contribution in [1.29, 1.82) is 0 Å². The third kappa shape index (κ3) is 7.52. The monoisotopic (exact) mass is 717 g/mol. The van der Waals surface area contributed by atoms with Crippen molar-refractivity contribution >= 4 is 53.1 Å². The van der Waals surface area contributed by atoms with Gasteiger partial charge < -0.3 is 39.7 Å². The molecule has 4 N–H and O–H groups in total. The molecule has 0 radical (unpaired) electrons. The molecular weight excluding hydrogens is 677 g/mol. The Bertz CT molecular complexity index is 1750. The van der Waals surface area contributed by atoms with Gasteiger partial charge in [0.2, 0.25) is 0 Å². The Kier molecular flexibility index (Phi) is 11.7. The van der Waals surface area contributed by atoms with E-state index in [0.29, 0.717) is 58.4 Å². The number of aliphatic hydroxyl groups excluding tert-OH is 1. The molecule has 2 aliphatic heterocycles. The molecule has 15 heteroatoms. The van der Waals surface area contributed by atoms with E-state index in [0.717, 1.165) is 42.1 Å². The first-order chi connectivity index (χ1) is 22.7. The van der Waals surface area contributed by atoms with Crippen LogP contribution in [0.1, 0.15) is 31.2 Å². The lowest BCUT2D eigenvalue weighted by atomic mass is 9.73. The molecule has 1 aromatic carbocycles. The van der Waals surface area contributed by atoms with Crippen LogP contribution in [0.15, 0.2) is 52.6 Å². The van der Waals surface area contributed by atoms with Crippen LogP contribution in [-0.2, 0) is 20.9 Å². The van der Waals surface area contributed by atoms with Crippen LogP contribution in [0, 0.1) is 12.3 Å². The lowest BCUT2D eigenvalue weighted by molar-refractivity contribution is -0.123. The molecule has 4 aromatic rings. The molecular formula is C33H41Cl2N7O5S. The Morgan fingerprint density at radius 2 is 2.04 bits per heavy atom. The number of ether oxygens (including phenoxy) is 3. The lowest BCUT2D eigenvalue weighted by Gasteiger charge is -2.42. The molecule has 5 heterocycles. The minimum absolute atomic E-state index is 0. The molecule has 0 unspecified atom stereocenters. The predicted octanol–water partition coefficient (Wildman–Crippen LogP) is 4.29. The lowest BCUT2D eigenvalue weighted by Crippen LogP contribution is -2.51. The van der Waals surface area contributed by atoms with Gasteiger partial charge in [-0.05, 0) is 44.9 Å². The van der Waals surface area contributed by atoms with Gasteiger partial charge in [0.25, 0.3) is 5.91 Å². The first-order valence-electron chi connectivity index (χ1n) is 15.7. The number of hydrogen-bond donors (Lipinski definition) is 3. The van der Waals surface area contributed by atoms with Gasteiger partial charge in [-0.2, -0.15) is 0 Å². The van der Waals surface area contributed by atoms with E-state index < -0.39 is 0 Å². The van der Waals surface area contributed by atoms with E-state index >= 15 is 0 Å². The Morgan fingerprint density at radius 1 is 1.25 bits per heavy atom. The van der Waals surface area contributed by atoms with Gasteiger partial charge in [-0.1, -0.05) is 35.5 Å². The number of fused-ring (bicyclic) bond motifs is 1. The SMILES string of the molecule is COCCNC(=O)COc1cccc(-c2cn3ccc(Sc4nc(CO)c(N5CCC6(CC5)CO[C@@H](C)[C@H]6N)nc4C)c(Cl)c3n2)c1.Cl. The van der Waals surface area contributed by atoms with E-state index in [4.69, 9.17) is 46.5 Å². The topological polar surface area (TPSA) is 149 Å². The summed E-state index contributed by atoms with van der Waals surface area (Å²) in [5.41, 5.74) is 9.90. The number of nitrogens with one attached hydrogen (secondary N) is 1. The Labute approximate surface area is 295 Å². The van der Waals surface area contributed by atoms with Crippen LogP contribution < -0.4 is 20.7 Å². The summed E-state index contributed by atoms with van der Waals surface area (Å²) in [5.74, 6) is 1.04. The van der Waals surface area contributed by atoms with Gasteiger partial charge in [-0.3, -0.25) is 4.79 Å². The number of halogens is 2. The van der Waals surface area contributed by atoms with Gasteiger partial charge in [0, 0.05) is 61.1 Å². The molecule has 3 aromatic heterocycles. The van der Waals surface area contributed by atoms with E-state index in [1.54, 1.807) is 13.2 Å². The van der Waals surface area contributed by atoms with Crippen LogP contribution in [-0.4, -0.2) is 89.1 Å². The third-order valence-electron chi connectivity index (χ3n) is 9.00. The quantitative estimate of drug-likeness (QED) is 0.191.